The Balaban J connectivity index is 2.17. The largest absolute Gasteiger partial charge is 0.350 e. The van der Waals surface area contributed by atoms with E-state index in [-0.39, 0.29) is 17.4 Å². The molecule has 2 aromatic rings. The number of carbonyl (C=O) groups excluding carboxylic acids is 2. The molecule has 0 spiro atoms. The highest BCUT2D eigenvalue weighted by molar-refractivity contribution is 5.88. The number of benzene rings is 2. The van der Waals surface area contributed by atoms with Crippen LogP contribution in [0, 0.1) is 0 Å². The number of nitrogens with zero attached hydrogens (tertiary/aromatic N) is 1. The molecule has 0 radical (unpaired) electrons. The van der Waals surface area contributed by atoms with Gasteiger partial charge in [0.15, 0.2) is 0 Å². The molecule has 1 atom stereocenters. The zero-order chi connectivity index (χ0) is 22.1. The van der Waals surface area contributed by atoms with E-state index in [4.69, 9.17) is 0 Å². The van der Waals surface area contributed by atoms with E-state index in [0.717, 1.165) is 17.5 Å². The summed E-state index contributed by atoms with van der Waals surface area (Å²) in [6.45, 7) is 10.4. The third-order valence-corrected chi connectivity index (χ3v) is 5.14. The fourth-order valence-corrected chi connectivity index (χ4v) is 3.49. The molecule has 162 valence electrons. The van der Waals surface area contributed by atoms with E-state index in [0.29, 0.717) is 25.8 Å². The van der Waals surface area contributed by atoms with Crippen molar-refractivity contribution in [3.63, 3.8) is 0 Å². The number of hydrogen-bond donors (Lipinski definition) is 1. The first-order chi connectivity index (χ1) is 14.2. The lowest BCUT2D eigenvalue weighted by Crippen LogP contribution is -2.53. The Morgan fingerprint density at radius 2 is 1.50 bits per heavy atom. The lowest BCUT2D eigenvalue weighted by atomic mass is 10.0. The highest BCUT2D eigenvalue weighted by Gasteiger charge is 2.30. The third-order valence-electron chi connectivity index (χ3n) is 5.14. The van der Waals surface area contributed by atoms with E-state index in [1.165, 1.54) is 5.56 Å². The molecule has 0 saturated heterocycles. The lowest BCUT2D eigenvalue weighted by Gasteiger charge is -2.33. The monoisotopic (exact) mass is 408 g/mol. The minimum atomic E-state index is -0.487. The van der Waals surface area contributed by atoms with Gasteiger partial charge in [0.1, 0.15) is 6.04 Å². The van der Waals surface area contributed by atoms with Gasteiger partial charge in [-0.25, -0.2) is 0 Å². The number of nitrogens with one attached hydrogen (secondary N) is 1. The molecule has 2 amide bonds. The van der Waals surface area contributed by atoms with Gasteiger partial charge in [0.2, 0.25) is 11.8 Å². The van der Waals surface area contributed by atoms with Crippen LogP contribution in [0.5, 0.6) is 0 Å². The van der Waals surface area contributed by atoms with E-state index >= 15 is 0 Å². The molecular weight excluding hydrogens is 372 g/mol. The predicted octanol–water partition coefficient (Wildman–Crippen LogP) is 4.90. The smallest absolute Gasteiger partial charge is 0.243 e. The molecule has 0 aromatic heterocycles. The van der Waals surface area contributed by atoms with Crippen molar-refractivity contribution in [2.75, 3.05) is 0 Å². The van der Waals surface area contributed by atoms with Gasteiger partial charge in [0.25, 0.3) is 0 Å². The van der Waals surface area contributed by atoms with Crippen molar-refractivity contribution in [3.05, 3.63) is 71.3 Å². The van der Waals surface area contributed by atoms with Gasteiger partial charge in [-0.15, -0.1) is 0 Å². The molecule has 2 aromatic carbocycles. The topological polar surface area (TPSA) is 49.4 Å². The van der Waals surface area contributed by atoms with Crippen LogP contribution < -0.4 is 5.32 Å². The van der Waals surface area contributed by atoms with Crippen LogP contribution in [0.2, 0.25) is 0 Å². The molecule has 0 fully saturated rings. The number of hydrogen-bond acceptors (Lipinski definition) is 2. The molecule has 4 heteroatoms. The number of aryl methyl sites for hydroxylation is 2. The Labute approximate surface area is 181 Å². The Morgan fingerprint density at radius 1 is 0.900 bits per heavy atom. The molecule has 0 unspecified atom stereocenters. The van der Waals surface area contributed by atoms with E-state index in [9.17, 15) is 9.59 Å². The Hall–Kier alpha value is -2.62. The minimum Gasteiger partial charge on any atom is -0.350 e. The molecule has 1 N–H and O–H groups in total. The summed E-state index contributed by atoms with van der Waals surface area (Å²) < 4.78 is 0. The summed E-state index contributed by atoms with van der Waals surface area (Å²) in [5.41, 5.74) is 3.13. The van der Waals surface area contributed by atoms with E-state index in [1.807, 2.05) is 58.0 Å². The maximum atomic E-state index is 13.3. The average Bonchev–Trinajstić information content (AvgIpc) is 2.71. The predicted molar refractivity (Wildman–Crippen MR) is 123 cm³/mol. The highest BCUT2D eigenvalue weighted by atomic mass is 16.2. The van der Waals surface area contributed by atoms with Gasteiger partial charge in [0, 0.05) is 18.5 Å². The molecule has 2 rings (SSSR count). The van der Waals surface area contributed by atoms with E-state index in [2.05, 4.69) is 36.5 Å². The van der Waals surface area contributed by atoms with Crippen LogP contribution in [0.3, 0.4) is 0 Å². The Morgan fingerprint density at radius 3 is 2.03 bits per heavy atom. The van der Waals surface area contributed by atoms with Crippen LogP contribution >= 0.6 is 0 Å². The highest BCUT2D eigenvalue weighted by Crippen LogP contribution is 2.16. The van der Waals surface area contributed by atoms with Gasteiger partial charge in [0.05, 0.1) is 0 Å². The van der Waals surface area contributed by atoms with Gasteiger partial charge in [-0.1, -0.05) is 68.4 Å². The summed E-state index contributed by atoms with van der Waals surface area (Å²) in [5, 5.41) is 3.04. The van der Waals surface area contributed by atoms with E-state index in [1.54, 1.807) is 4.90 Å². The molecular formula is C26H36N2O2. The van der Waals surface area contributed by atoms with Crippen LogP contribution in [0.15, 0.2) is 54.6 Å². The van der Waals surface area contributed by atoms with Crippen molar-refractivity contribution < 1.29 is 9.59 Å². The second-order valence-corrected chi connectivity index (χ2v) is 8.84. The van der Waals surface area contributed by atoms with Gasteiger partial charge >= 0.3 is 0 Å². The fourth-order valence-electron chi connectivity index (χ4n) is 3.49. The molecule has 0 saturated carbocycles. The van der Waals surface area contributed by atoms with Crippen LogP contribution in [0.4, 0.5) is 0 Å². The van der Waals surface area contributed by atoms with Crippen LogP contribution in [-0.2, 0) is 29.0 Å². The maximum Gasteiger partial charge on any atom is 0.243 e. The molecule has 0 heterocycles. The van der Waals surface area contributed by atoms with Gasteiger partial charge in [-0.05, 0) is 56.7 Å². The second-order valence-electron chi connectivity index (χ2n) is 8.84. The summed E-state index contributed by atoms with van der Waals surface area (Å²) in [6, 6.07) is 17.8. The summed E-state index contributed by atoms with van der Waals surface area (Å²) >= 11 is 0. The first-order valence-corrected chi connectivity index (χ1v) is 11.0. The molecule has 0 aliphatic heterocycles. The number of carbonyl (C=O) groups is 2. The summed E-state index contributed by atoms with van der Waals surface area (Å²) in [5.74, 6) is -0.0871. The maximum absolute atomic E-state index is 13.3. The van der Waals surface area contributed by atoms with Gasteiger partial charge < -0.3 is 10.2 Å². The quantitative estimate of drug-likeness (QED) is 0.641. The first kappa shape index (κ1) is 23.7. The van der Waals surface area contributed by atoms with Crippen molar-refractivity contribution >= 4 is 11.8 Å². The van der Waals surface area contributed by atoms with Crippen molar-refractivity contribution in [1.29, 1.82) is 0 Å². The standard InChI is InChI=1S/C26H36N2O2/c1-6-20-13-15-21(16-14-20)17-18-24(29)28(19-22-11-9-8-10-12-22)23(7-2)25(30)27-26(3,4)5/h8-16,23H,6-7,17-19H2,1-5H3,(H,27,30)/t23-/m1/s1. The zero-order valence-corrected chi connectivity index (χ0v) is 19.1. The lowest BCUT2D eigenvalue weighted by molar-refractivity contribution is -0.142. The number of amides is 2. The molecule has 0 bridgehead atoms. The summed E-state index contributed by atoms with van der Waals surface area (Å²) in [7, 11) is 0. The Bertz CT molecular complexity index is 807. The fraction of sp³-hybridized carbons (Fsp3) is 0.462. The van der Waals surface area contributed by atoms with Crippen LogP contribution in [0.1, 0.15) is 64.2 Å². The van der Waals surface area contributed by atoms with Crippen molar-refractivity contribution in [2.45, 2.75) is 78.4 Å². The summed E-state index contributed by atoms with van der Waals surface area (Å²) in [6.07, 6.45) is 2.64. The Kier molecular flexibility index (Phi) is 8.64. The molecule has 4 nitrogen and oxygen atoms in total. The van der Waals surface area contributed by atoms with Gasteiger partial charge in [-0.2, -0.15) is 0 Å². The van der Waals surface area contributed by atoms with Gasteiger partial charge in [-0.3, -0.25) is 9.59 Å². The molecule has 30 heavy (non-hydrogen) atoms. The molecule has 0 aliphatic rings. The second kappa shape index (κ2) is 11.0. The first-order valence-electron chi connectivity index (χ1n) is 11.0. The number of rotatable bonds is 9. The van der Waals surface area contributed by atoms with Crippen LogP contribution in [0.25, 0.3) is 0 Å². The SMILES string of the molecule is CCc1ccc(CCC(=O)N(Cc2ccccc2)[C@H](CC)C(=O)NC(C)(C)C)cc1. The average molecular weight is 409 g/mol. The van der Waals surface area contributed by atoms with E-state index < -0.39 is 6.04 Å². The van der Waals surface area contributed by atoms with Crippen molar-refractivity contribution in [3.8, 4) is 0 Å². The van der Waals surface area contributed by atoms with Crippen molar-refractivity contribution in [1.82, 2.24) is 10.2 Å². The summed E-state index contributed by atoms with van der Waals surface area (Å²) in [4.78, 5) is 28.0. The minimum absolute atomic E-state index is 0.00864. The van der Waals surface area contributed by atoms with Crippen LogP contribution in [-0.4, -0.2) is 28.3 Å². The van der Waals surface area contributed by atoms with Crippen molar-refractivity contribution in [2.24, 2.45) is 0 Å². The molecule has 0 aliphatic carbocycles. The zero-order valence-electron chi connectivity index (χ0n) is 19.1. The normalized spacial score (nSPS) is 12.3. The third kappa shape index (κ3) is 7.33.